The van der Waals surface area contributed by atoms with Crippen LogP contribution in [0, 0.1) is 0 Å². The van der Waals surface area contributed by atoms with Gasteiger partial charge in [-0.2, -0.15) is 10.1 Å². The molecule has 0 unspecified atom stereocenters. The first-order chi connectivity index (χ1) is 14.2. The van der Waals surface area contributed by atoms with Crippen molar-refractivity contribution in [1.82, 2.24) is 19.7 Å². The monoisotopic (exact) mass is 425 g/mol. The molecule has 0 aliphatic carbocycles. The lowest BCUT2D eigenvalue weighted by Gasteiger charge is -2.36. The van der Waals surface area contributed by atoms with E-state index in [9.17, 15) is 0 Å². The van der Waals surface area contributed by atoms with Crippen molar-refractivity contribution in [3.05, 3.63) is 30.5 Å². The molecule has 1 aliphatic heterocycles. The Hall–Kier alpha value is -2.45. The third-order valence-electron chi connectivity index (χ3n) is 6.16. The SMILES string of the molecule is Cn1ncc2c(-c3cccc(O[Si](C)(C)C(C)(C)C)c3)nc(N3CCOCC3)nc21. The van der Waals surface area contributed by atoms with Crippen LogP contribution in [0.5, 0.6) is 5.75 Å². The minimum Gasteiger partial charge on any atom is -0.543 e. The van der Waals surface area contributed by atoms with Gasteiger partial charge in [0.2, 0.25) is 14.3 Å². The Balaban J connectivity index is 1.77. The summed E-state index contributed by atoms with van der Waals surface area (Å²) in [5, 5.41) is 5.51. The fourth-order valence-electron chi connectivity index (χ4n) is 3.29. The number of nitrogens with zero attached hydrogens (tertiary/aromatic N) is 5. The molecule has 3 heterocycles. The molecular formula is C22H31N5O2Si. The lowest BCUT2D eigenvalue weighted by Crippen LogP contribution is -2.43. The number of benzene rings is 1. The van der Waals surface area contributed by atoms with Gasteiger partial charge in [0, 0.05) is 25.7 Å². The molecule has 3 aromatic rings. The number of morpholine rings is 1. The van der Waals surface area contributed by atoms with E-state index in [4.69, 9.17) is 19.1 Å². The smallest absolute Gasteiger partial charge is 0.250 e. The molecule has 2 aromatic heterocycles. The van der Waals surface area contributed by atoms with Crippen molar-refractivity contribution >= 4 is 25.3 Å². The topological polar surface area (TPSA) is 65.3 Å². The predicted octanol–water partition coefficient (Wildman–Crippen LogP) is 4.25. The maximum atomic E-state index is 6.54. The van der Waals surface area contributed by atoms with Crippen LogP contribution in [0.4, 0.5) is 5.95 Å². The van der Waals surface area contributed by atoms with Crippen LogP contribution in [0.3, 0.4) is 0 Å². The predicted molar refractivity (Wildman–Crippen MR) is 123 cm³/mol. The Kier molecular flexibility index (Phi) is 5.31. The number of aromatic nitrogens is 4. The average Bonchev–Trinajstić information content (AvgIpc) is 3.08. The molecule has 4 rings (SSSR count). The number of fused-ring (bicyclic) bond motifs is 1. The van der Waals surface area contributed by atoms with E-state index in [1.165, 1.54) is 0 Å². The number of rotatable bonds is 4. The first-order valence-corrected chi connectivity index (χ1v) is 13.4. The van der Waals surface area contributed by atoms with Gasteiger partial charge < -0.3 is 14.1 Å². The van der Waals surface area contributed by atoms with Crippen LogP contribution >= 0.6 is 0 Å². The van der Waals surface area contributed by atoms with Gasteiger partial charge in [0.05, 0.1) is 30.5 Å². The van der Waals surface area contributed by atoms with Crippen molar-refractivity contribution in [2.75, 3.05) is 31.2 Å². The fraction of sp³-hybridized carbons (Fsp3) is 0.500. The molecule has 0 atom stereocenters. The standard InChI is InChI=1S/C22H31N5O2Si/c1-22(2,3)30(5,6)29-17-9-7-8-16(14-17)19-18-15-23-26(4)20(18)25-21(24-19)27-10-12-28-13-11-27/h7-9,14-15H,10-13H2,1-6H3. The second-order valence-electron chi connectivity index (χ2n) is 9.37. The Labute approximate surface area is 179 Å². The van der Waals surface area contributed by atoms with E-state index < -0.39 is 8.32 Å². The van der Waals surface area contributed by atoms with Gasteiger partial charge in [-0.1, -0.05) is 32.9 Å². The van der Waals surface area contributed by atoms with Crippen molar-refractivity contribution in [3.63, 3.8) is 0 Å². The van der Waals surface area contributed by atoms with Crippen LogP contribution < -0.4 is 9.33 Å². The van der Waals surface area contributed by atoms with E-state index in [-0.39, 0.29) is 5.04 Å². The van der Waals surface area contributed by atoms with Gasteiger partial charge in [0.25, 0.3) is 0 Å². The Morgan fingerprint density at radius 3 is 2.53 bits per heavy atom. The van der Waals surface area contributed by atoms with Gasteiger partial charge >= 0.3 is 0 Å². The number of hydrogen-bond donors (Lipinski definition) is 0. The quantitative estimate of drug-likeness (QED) is 0.582. The fourth-order valence-corrected chi connectivity index (χ4v) is 4.31. The van der Waals surface area contributed by atoms with Crippen LogP contribution in [0.1, 0.15) is 20.8 Å². The molecule has 1 fully saturated rings. The average molecular weight is 426 g/mol. The summed E-state index contributed by atoms with van der Waals surface area (Å²) in [7, 11) is -0.0123. The Bertz CT molecular complexity index is 1050. The number of aryl methyl sites for hydroxylation is 1. The van der Waals surface area contributed by atoms with E-state index >= 15 is 0 Å². The van der Waals surface area contributed by atoms with Crippen LogP contribution in [-0.2, 0) is 11.8 Å². The minimum atomic E-state index is -1.93. The summed E-state index contributed by atoms with van der Waals surface area (Å²) in [4.78, 5) is 11.9. The molecule has 0 N–H and O–H groups in total. The zero-order valence-corrected chi connectivity index (χ0v) is 19.8. The molecule has 1 aromatic carbocycles. The van der Waals surface area contributed by atoms with Crippen molar-refractivity contribution < 1.29 is 9.16 Å². The van der Waals surface area contributed by atoms with Crippen LogP contribution in [-0.4, -0.2) is 54.4 Å². The number of hydrogen-bond acceptors (Lipinski definition) is 6. The molecule has 160 valence electrons. The molecule has 1 aliphatic rings. The molecular weight excluding hydrogens is 394 g/mol. The Morgan fingerprint density at radius 2 is 1.83 bits per heavy atom. The van der Waals surface area contributed by atoms with E-state index in [1.807, 2.05) is 25.4 Å². The highest BCUT2D eigenvalue weighted by atomic mass is 28.4. The van der Waals surface area contributed by atoms with Gasteiger partial charge in [-0.25, -0.2) is 4.98 Å². The first-order valence-electron chi connectivity index (χ1n) is 10.5. The van der Waals surface area contributed by atoms with Gasteiger partial charge in [-0.15, -0.1) is 0 Å². The summed E-state index contributed by atoms with van der Waals surface area (Å²) < 4.78 is 13.8. The van der Waals surface area contributed by atoms with Crippen LogP contribution in [0.15, 0.2) is 30.5 Å². The largest absolute Gasteiger partial charge is 0.543 e. The molecule has 0 spiro atoms. The van der Waals surface area contributed by atoms with Crippen molar-refractivity contribution in [1.29, 1.82) is 0 Å². The van der Waals surface area contributed by atoms with Crippen LogP contribution in [0.2, 0.25) is 18.1 Å². The summed E-state index contributed by atoms with van der Waals surface area (Å²) in [5.41, 5.74) is 2.73. The van der Waals surface area contributed by atoms with Gasteiger partial charge in [-0.05, 0) is 30.3 Å². The molecule has 30 heavy (non-hydrogen) atoms. The normalized spacial score (nSPS) is 15.6. The molecule has 0 radical (unpaired) electrons. The second-order valence-corrected chi connectivity index (χ2v) is 14.1. The highest BCUT2D eigenvalue weighted by Crippen LogP contribution is 2.38. The first kappa shape index (κ1) is 20.8. The van der Waals surface area contributed by atoms with E-state index in [0.717, 1.165) is 47.1 Å². The van der Waals surface area contributed by atoms with Gasteiger partial charge in [0.1, 0.15) is 5.75 Å². The zero-order chi connectivity index (χ0) is 21.5. The highest BCUT2D eigenvalue weighted by Gasteiger charge is 2.39. The van der Waals surface area contributed by atoms with Crippen molar-refractivity contribution in [3.8, 4) is 17.0 Å². The summed E-state index contributed by atoms with van der Waals surface area (Å²) in [5.74, 6) is 1.61. The van der Waals surface area contributed by atoms with Crippen LogP contribution in [0.25, 0.3) is 22.3 Å². The number of ether oxygens (including phenoxy) is 1. The summed E-state index contributed by atoms with van der Waals surface area (Å²) in [6, 6.07) is 8.25. The van der Waals surface area contributed by atoms with Gasteiger partial charge in [0.15, 0.2) is 5.65 Å². The van der Waals surface area contributed by atoms with E-state index in [0.29, 0.717) is 13.2 Å². The summed E-state index contributed by atoms with van der Waals surface area (Å²) >= 11 is 0. The molecule has 0 bridgehead atoms. The molecule has 0 amide bonds. The van der Waals surface area contributed by atoms with E-state index in [2.05, 4.69) is 56.0 Å². The highest BCUT2D eigenvalue weighted by molar-refractivity contribution is 6.74. The molecule has 7 nitrogen and oxygen atoms in total. The Morgan fingerprint density at radius 1 is 1.10 bits per heavy atom. The van der Waals surface area contributed by atoms with Crippen molar-refractivity contribution in [2.24, 2.45) is 7.05 Å². The lowest BCUT2D eigenvalue weighted by atomic mass is 10.1. The number of anilines is 1. The maximum Gasteiger partial charge on any atom is 0.250 e. The maximum absolute atomic E-state index is 6.54. The molecule has 0 saturated carbocycles. The third-order valence-corrected chi connectivity index (χ3v) is 10.5. The molecule has 8 heteroatoms. The summed E-state index contributed by atoms with van der Waals surface area (Å²) in [6.45, 7) is 14.2. The molecule has 1 saturated heterocycles. The van der Waals surface area contributed by atoms with Crippen molar-refractivity contribution in [2.45, 2.75) is 38.9 Å². The third kappa shape index (κ3) is 3.93. The lowest BCUT2D eigenvalue weighted by molar-refractivity contribution is 0.122. The van der Waals surface area contributed by atoms with E-state index in [1.54, 1.807) is 4.68 Å². The minimum absolute atomic E-state index is 0.137. The summed E-state index contributed by atoms with van der Waals surface area (Å²) in [6.07, 6.45) is 1.84. The second kappa shape index (κ2) is 7.66. The van der Waals surface area contributed by atoms with Gasteiger partial charge in [-0.3, -0.25) is 4.68 Å². The zero-order valence-electron chi connectivity index (χ0n) is 18.8.